The molecule has 9 nitrogen and oxygen atoms in total. The summed E-state index contributed by atoms with van der Waals surface area (Å²) in [5, 5.41) is 5.94. The Morgan fingerprint density at radius 2 is 1.94 bits per heavy atom. The molecule has 2 aliphatic rings. The number of halogens is 1. The molecule has 4 rings (SSSR count). The van der Waals surface area contributed by atoms with Gasteiger partial charge in [-0.1, -0.05) is 30.3 Å². The van der Waals surface area contributed by atoms with Crippen LogP contribution in [0.2, 0.25) is 0 Å². The smallest absolute Gasteiger partial charge is 0.344 e. The minimum Gasteiger partial charge on any atom is -0.463 e. The lowest BCUT2D eigenvalue weighted by Crippen LogP contribution is -2.41. The number of carbonyl (C=O) groups excluding carboxylic acids is 2. The molecule has 33 heavy (non-hydrogen) atoms. The first-order chi connectivity index (χ1) is 16.1. The molecule has 0 unspecified atom stereocenters. The first-order valence-electron chi connectivity index (χ1n) is 11.0. The zero-order valence-electron chi connectivity index (χ0n) is 18.4. The lowest BCUT2D eigenvalue weighted by molar-refractivity contribution is -0.145. The van der Waals surface area contributed by atoms with Crippen molar-refractivity contribution in [1.29, 1.82) is 0 Å². The molecular formula is C23H26FN5O4. The van der Waals surface area contributed by atoms with E-state index in [1.165, 1.54) is 0 Å². The Bertz CT molecular complexity index is 1010. The number of hydrazone groups is 1. The van der Waals surface area contributed by atoms with Gasteiger partial charge < -0.3 is 14.4 Å². The van der Waals surface area contributed by atoms with E-state index in [9.17, 15) is 14.0 Å². The van der Waals surface area contributed by atoms with Crippen LogP contribution in [0.5, 0.6) is 5.88 Å². The van der Waals surface area contributed by atoms with Crippen LogP contribution >= 0.6 is 0 Å². The number of hydrogen-bond acceptors (Lipinski definition) is 8. The molecule has 3 heterocycles. The number of hydrogen-bond donors (Lipinski definition) is 0. The summed E-state index contributed by atoms with van der Waals surface area (Å²) in [6.45, 7) is 2.52. The van der Waals surface area contributed by atoms with Gasteiger partial charge in [0.2, 0.25) is 17.7 Å². The highest BCUT2D eigenvalue weighted by atomic mass is 19.1. The van der Waals surface area contributed by atoms with E-state index in [0.29, 0.717) is 38.3 Å². The quantitative estimate of drug-likeness (QED) is 0.592. The topological polar surface area (TPSA) is 97.2 Å². The average molecular weight is 455 g/mol. The van der Waals surface area contributed by atoms with Crippen LogP contribution in [0.4, 0.5) is 10.3 Å². The van der Waals surface area contributed by atoms with Crippen LogP contribution in [-0.2, 0) is 14.3 Å². The number of rotatable bonds is 7. The molecule has 2 aromatic rings. The number of aromatic nitrogens is 2. The molecule has 0 saturated carbocycles. The summed E-state index contributed by atoms with van der Waals surface area (Å²) in [7, 11) is 0. The fourth-order valence-corrected chi connectivity index (χ4v) is 4.02. The highest BCUT2D eigenvalue weighted by Gasteiger charge is 2.35. The summed E-state index contributed by atoms with van der Waals surface area (Å²) < 4.78 is 23.9. The monoisotopic (exact) mass is 455 g/mol. The molecule has 1 aromatic heterocycles. The standard InChI is InChI=1S/C23H26FN5O4/c1-2-32-20(30)15-33-21-18(24)14-25-23(27-21)28-12-9-17(10-13-28)22(31)29-19(8-11-26-29)16-6-4-3-5-7-16/h3-7,11,14,17,19H,2,8-10,12-13,15H2,1H3/t19-/m0/s1. The van der Waals surface area contributed by atoms with E-state index >= 15 is 0 Å². The van der Waals surface area contributed by atoms with Gasteiger partial charge in [0.15, 0.2) is 6.61 Å². The fourth-order valence-electron chi connectivity index (χ4n) is 4.02. The summed E-state index contributed by atoms with van der Waals surface area (Å²) in [6, 6.07) is 9.82. The molecule has 0 radical (unpaired) electrons. The molecule has 1 fully saturated rings. The number of esters is 1. The molecule has 1 saturated heterocycles. The van der Waals surface area contributed by atoms with Gasteiger partial charge in [-0.05, 0) is 25.3 Å². The lowest BCUT2D eigenvalue weighted by atomic mass is 9.94. The Balaban J connectivity index is 1.36. The molecule has 174 valence electrons. The van der Waals surface area contributed by atoms with Crippen LogP contribution < -0.4 is 9.64 Å². The number of benzene rings is 1. The van der Waals surface area contributed by atoms with Crippen LogP contribution in [0.3, 0.4) is 0 Å². The number of carbonyl (C=O) groups is 2. The molecule has 0 bridgehead atoms. The van der Waals surface area contributed by atoms with E-state index < -0.39 is 18.4 Å². The van der Waals surface area contributed by atoms with Gasteiger partial charge in [0.05, 0.1) is 18.8 Å². The number of anilines is 1. The SMILES string of the molecule is CCOC(=O)COc1nc(N2CCC(C(=O)N3N=CC[C@H]3c3ccccc3)CC2)ncc1F. The van der Waals surface area contributed by atoms with Crippen molar-refractivity contribution < 1.29 is 23.5 Å². The van der Waals surface area contributed by atoms with Crippen molar-refractivity contribution in [1.82, 2.24) is 15.0 Å². The third kappa shape index (κ3) is 5.27. The highest BCUT2D eigenvalue weighted by Crippen LogP contribution is 2.32. The molecule has 1 aromatic carbocycles. The van der Waals surface area contributed by atoms with Crippen LogP contribution in [0.25, 0.3) is 0 Å². The largest absolute Gasteiger partial charge is 0.463 e. The fraction of sp³-hybridized carbons (Fsp3) is 0.435. The van der Waals surface area contributed by atoms with Crippen LogP contribution in [0.15, 0.2) is 41.6 Å². The summed E-state index contributed by atoms with van der Waals surface area (Å²) in [4.78, 5) is 34.7. The maximum atomic E-state index is 14.0. The molecule has 1 atom stereocenters. The third-order valence-electron chi connectivity index (χ3n) is 5.70. The van der Waals surface area contributed by atoms with Gasteiger partial charge in [-0.3, -0.25) is 4.79 Å². The molecule has 0 spiro atoms. The maximum absolute atomic E-state index is 14.0. The summed E-state index contributed by atoms with van der Waals surface area (Å²) >= 11 is 0. The van der Waals surface area contributed by atoms with Crippen molar-refractivity contribution in [3.8, 4) is 5.88 Å². The van der Waals surface area contributed by atoms with Gasteiger partial charge in [0, 0.05) is 31.6 Å². The Kier molecular flexibility index (Phi) is 7.11. The normalized spacial score (nSPS) is 18.4. The maximum Gasteiger partial charge on any atom is 0.344 e. The van der Waals surface area contributed by atoms with E-state index in [0.717, 1.165) is 11.8 Å². The van der Waals surface area contributed by atoms with Crippen molar-refractivity contribution in [3.05, 3.63) is 47.9 Å². The van der Waals surface area contributed by atoms with Gasteiger partial charge in [-0.25, -0.2) is 14.8 Å². The van der Waals surface area contributed by atoms with Crippen molar-refractivity contribution in [2.75, 3.05) is 31.2 Å². The average Bonchev–Trinajstić information content (AvgIpc) is 3.34. The Labute approximate surface area is 191 Å². The minimum absolute atomic E-state index is 0.00994. The Morgan fingerprint density at radius 1 is 1.18 bits per heavy atom. The number of piperidine rings is 1. The zero-order valence-corrected chi connectivity index (χ0v) is 18.4. The van der Waals surface area contributed by atoms with E-state index in [2.05, 4.69) is 15.1 Å². The molecule has 0 aliphatic carbocycles. The van der Waals surface area contributed by atoms with Crippen LogP contribution in [-0.4, -0.2) is 59.4 Å². The second kappa shape index (κ2) is 10.4. The van der Waals surface area contributed by atoms with Gasteiger partial charge in [0.1, 0.15) is 0 Å². The van der Waals surface area contributed by atoms with Crippen LogP contribution in [0.1, 0.15) is 37.8 Å². The Morgan fingerprint density at radius 3 is 2.67 bits per heavy atom. The van der Waals surface area contributed by atoms with E-state index in [-0.39, 0.29) is 30.4 Å². The summed E-state index contributed by atoms with van der Waals surface area (Å²) in [6.07, 6.45) is 4.71. The number of nitrogens with zero attached hydrogens (tertiary/aromatic N) is 5. The Hall–Kier alpha value is -3.56. The van der Waals surface area contributed by atoms with E-state index in [1.54, 1.807) is 18.1 Å². The number of amides is 1. The minimum atomic E-state index is -0.757. The predicted octanol–water partition coefficient (Wildman–Crippen LogP) is 2.73. The van der Waals surface area contributed by atoms with Crippen molar-refractivity contribution in [2.24, 2.45) is 11.0 Å². The summed E-state index contributed by atoms with van der Waals surface area (Å²) in [5.74, 6) is -1.52. The predicted molar refractivity (Wildman–Crippen MR) is 118 cm³/mol. The van der Waals surface area contributed by atoms with Crippen molar-refractivity contribution in [2.45, 2.75) is 32.2 Å². The first kappa shape index (κ1) is 22.6. The highest BCUT2D eigenvalue weighted by molar-refractivity contribution is 5.82. The molecule has 1 amide bonds. The first-order valence-corrected chi connectivity index (χ1v) is 11.0. The molecular weight excluding hydrogens is 429 g/mol. The summed E-state index contributed by atoms with van der Waals surface area (Å²) in [5.41, 5.74) is 1.07. The van der Waals surface area contributed by atoms with Gasteiger partial charge in [0.25, 0.3) is 5.88 Å². The van der Waals surface area contributed by atoms with Gasteiger partial charge in [-0.2, -0.15) is 14.5 Å². The van der Waals surface area contributed by atoms with Crippen molar-refractivity contribution in [3.63, 3.8) is 0 Å². The number of ether oxygens (including phenoxy) is 2. The molecule has 0 N–H and O–H groups in total. The lowest BCUT2D eigenvalue weighted by Gasteiger charge is -2.33. The van der Waals surface area contributed by atoms with Crippen LogP contribution in [0, 0.1) is 11.7 Å². The molecule has 10 heteroatoms. The van der Waals surface area contributed by atoms with Gasteiger partial charge in [-0.15, -0.1) is 0 Å². The third-order valence-corrected chi connectivity index (χ3v) is 5.70. The van der Waals surface area contributed by atoms with Gasteiger partial charge >= 0.3 is 5.97 Å². The zero-order chi connectivity index (χ0) is 23.2. The van der Waals surface area contributed by atoms with Crippen molar-refractivity contribution >= 4 is 24.0 Å². The second-order valence-electron chi connectivity index (χ2n) is 7.82. The van der Waals surface area contributed by atoms with E-state index in [1.807, 2.05) is 35.2 Å². The molecule has 2 aliphatic heterocycles. The van der Waals surface area contributed by atoms with E-state index in [4.69, 9.17) is 9.47 Å². The second-order valence-corrected chi connectivity index (χ2v) is 7.82.